The van der Waals surface area contributed by atoms with Crippen LogP contribution in [0.2, 0.25) is 0 Å². The summed E-state index contributed by atoms with van der Waals surface area (Å²) in [6, 6.07) is 4.26. The zero-order valence-corrected chi connectivity index (χ0v) is 13.0. The Morgan fingerprint density at radius 2 is 2.19 bits per heavy atom. The second-order valence-corrected chi connectivity index (χ2v) is 5.52. The summed E-state index contributed by atoms with van der Waals surface area (Å²) in [7, 11) is 0. The second kappa shape index (κ2) is 6.44. The second-order valence-electron chi connectivity index (χ2n) is 3.87. The van der Waals surface area contributed by atoms with Crippen molar-refractivity contribution in [2.45, 2.75) is 13.3 Å². The van der Waals surface area contributed by atoms with Gasteiger partial charge in [-0.15, -0.1) is 24.5 Å². The van der Waals surface area contributed by atoms with Crippen molar-refractivity contribution in [3.63, 3.8) is 0 Å². The molecule has 2 aromatic rings. The molecule has 0 spiro atoms. The number of benzene rings is 1. The van der Waals surface area contributed by atoms with E-state index in [0.29, 0.717) is 10.7 Å². The summed E-state index contributed by atoms with van der Waals surface area (Å²) in [5.74, 6) is -0.323. The molecule has 0 aliphatic rings. The Labute approximate surface area is 130 Å². The normalized spacial score (nSPS) is 11.9. The number of aromatic nitrogens is 1. The highest BCUT2D eigenvalue weighted by Gasteiger charge is 2.32. The first-order chi connectivity index (χ1) is 9.85. The van der Waals surface area contributed by atoms with Gasteiger partial charge in [-0.2, -0.15) is 5.10 Å². The van der Waals surface area contributed by atoms with Gasteiger partial charge in [0.1, 0.15) is 5.75 Å². The van der Waals surface area contributed by atoms with Crippen LogP contribution >= 0.6 is 27.3 Å². The van der Waals surface area contributed by atoms with Gasteiger partial charge in [0.25, 0.3) is 0 Å². The first kappa shape index (κ1) is 15.8. The van der Waals surface area contributed by atoms with Crippen molar-refractivity contribution in [2.24, 2.45) is 5.10 Å². The minimum atomic E-state index is -4.74. The fourth-order valence-corrected chi connectivity index (χ4v) is 2.48. The Kier molecular flexibility index (Phi) is 4.84. The van der Waals surface area contributed by atoms with Crippen molar-refractivity contribution in [2.75, 3.05) is 5.43 Å². The van der Waals surface area contributed by atoms with Crippen molar-refractivity contribution >= 4 is 38.6 Å². The Bertz CT molecular complexity index is 657. The molecule has 0 radical (unpaired) electrons. The van der Waals surface area contributed by atoms with E-state index in [1.165, 1.54) is 29.7 Å². The topological polar surface area (TPSA) is 46.5 Å². The molecule has 1 N–H and O–H groups in total. The van der Waals surface area contributed by atoms with Crippen molar-refractivity contribution in [3.05, 3.63) is 39.3 Å². The van der Waals surface area contributed by atoms with Crippen molar-refractivity contribution in [1.82, 2.24) is 4.98 Å². The number of hydrogen-bond donors (Lipinski definition) is 1. The maximum absolute atomic E-state index is 12.2. The highest BCUT2D eigenvalue weighted by molar-refractivity contribution is 9.10. The van der Waals surface area contributed by atoms with Crippen LogP contribution in [0.5, 0.6) is 5.75 Å². The summed E-state index contributed by atoms with van der Waals surface area (Å²) in [5.41, 5.74) is 4.00. The third kappa shape index (κ3) is 4.71. The monoisotopic (exact) mass is 379 g/mol. The van der Waals surface area contributed by atoms with Crippen LogP contribution in [0.15, 0.2) is 33.2 Å². The largest absolute Gasteiger partial charge is 0.573 e. The molecular formula is C12H9BrF3N3OS. The number of thiazole rings is 1. The molecule has 0 atom stereocenters. The number of ether oxygens (including phenoxy) is 1. The van der Waals surface area contributed by atoms with E-state index < -0.39 is 6.36 Å². The lowest BCUT2D eigenvalue weighted by atomic mass is 10.2. The van der Waals surface area contributed by atoms with Gasteiger partial charge < -0.3 is 4.74 Å². The lowest BCUT2D eigenvalue weighted by molar-refractivity contribution is -0.274. The number of alkyl halides is 3. The van der Waals surface area contributed by atoms with E-state index in [1.54, 1.807) is 6.07 Å². The number of nitrogens with zero attached hydrogens (tertiary/aromatic N) is 2. The lowest BCUT2D eigenvalue weighted by Gasteiger charge is -2.11. The summed E-state index contributed by atoms with van der Waals surface area (Å²) >= 11 is 4.45. The Morgan fingerprint density at radius 3 is 2.81 bits per heavy atom. The predicted molar refractivity (Wildman–Crippen MR) is 78.9 cm³/mol. The van der Waals surface area contributed by atoms with E-state index in [2.05, 4.69) is 36.2 Å². The van der Waals surface area contributed by atoms with Gasteiger partial charge in [-0.25, -0.2) is 4.98 Å². The molecule has 1 aromatic carbocycles. The Hall–Kier alpha value is -1.61. The van der Waals surface area contributed by atoms with E-state index in [0.717, 1.165) is 5.69 Å². The molecule has 112 valence electrons. The molecule has 21 heavy (non-hydrogen) atoms. The van der Waals surface area contributed by atoms with Gasteiger partial charge in [0.2, 0.25) is 5.13 Å². The van der Waals surface area contributed by atoms with E-state index >= 15 is 0 Å². The van der Waals surface area contributed by atoms with Gasteiger partial charge in [0.15, 0.2) is 0 Å². The zero-order chi connectivity index (χ0) is 15.5. The number of halogens is 4. The molecule has 2 rings (SSSR count). The average Bonchev–Trinajstić information content (AvgIpc) is 2.78. The molecule has 1 aromatic heterocycles. The van der Waals surface area contributed by atoms with Gasteiger partial charge in [-0.3, -0.25) is 5.43 Å². The van der Waals surface area contributed by atoms with Crippen LogP contribution < -0.4 is 10.2 Å². The maximum atomic E-state index is 12.2. The number of hydrogen-bond acceptors (Lipinski definition) is 5. The van der Waals surface area contributed by atoms with E-state index in [4.69, 9.17) is 0 Å². The molecule has 4 nitrogen and oxygen atoms in total. The van der Waals surface area contributed by atoms with Crippen LogP contribution in [0.1, 0.15) is 11.3 Å². The lowest BCUT2D eigenvalue weighted by Crippen LogP contribution is -2.17. The minimum Gasteiger partial charge on any atom is -0.405 e. The number of hydrazone groups is 1. The standard InChI is InChI=1S/C12H9BrF3N3OS/c1-7-6-21-11(18-7)19-17-5-8-3-2-4-9(10(8)13)20-12(14,15)16/h2-6H,1H3,(H,18,19). The molecule has 0 saturated heterocycles. The molecule has 0 fully saturated rings. The van der Waals surface area contributed by atoms with E-state index in [1.807, 2.05) is 12.3 Å². The molecule has 9 heteroatoms. The summed E-state index contributed by atoms with van der Waals surface area (Å²) in [4.78, 5) is 4.14. The molecule has 0 bridgehead atoms. The molecule has 1 heterocycles. The summed E-state index contributed by atoms with van der Waals surface area (Å²) in [6.45, 7) is 1.85. The van der Waals surface area contributed by atoms with Crippen LogP contribution in [-0.4, -0.2) is 17.6 Å². The van der Waals surface area contributed by atoms with Crippen molar-refractivity contribution in [1.29, 1.82) is 0 Å². The smallest absolute Gasteiger partial charge is 0.405 e. The first-order valence-electron chi connectivity index (χ1n) is 5.60. The minimum absolute atomic E-state index is 0.170. The van der Waals surface area contributed by atoms with E-state index in [9.17, 15) is 13.2 Å². The molecule has 0 amide bonds. The third-order valence-corrected chi connectivity index (χ3v) is 3.92. The zero-order valence-electron chi connectivity index (χ0n) is 10.6. The van der Waals surface area contributed by atoms with Gasteiger partial charge in [0.05, 0.1) is 16.4 Å². The number of aryl methyl sites for hydroxylation is 1. The summed E-state index contributed by atoms with van der Waals surface area (Å²) in [5, 5.41) is 6.38. The van der Waals surface area contributed by atoms with Gasteiger partial charge in [-0.05, 0) is 28.9 Å². The molecule has 0 unspecified atom stereocenters. The number of anilines is 1. The maximum Gasteiger partial charge on any atom is 0.573 e. The molecule has 0 aliphatic heterocycles. The van der Waals surface area contributed by atoms with Crippen molar-refractivity contribution in [3.8, 4) is 5.75 Å². The Morgan fingerprint density at radius 1 is 1.43 bits per heavy atom. The highest BCUT2D eigenvalue weighted by Crippen LogP contribution is 2.32. The van der Waals surface area contributed by atoms with Crippen LogP contribution in [0.3, 0.4) is 0 Å². The average molecular weight is 380 g/mol. The predicted octanol–water partition coefficient (Wildman–Crippen LogP) is 4.56. The third-order valence-electron chi connectivity index (χ3n) is 2.20. The molecular weight excluding hydrogens is 371 g/mol. The van der Waals surface area contributed by atoms with Crippen LogP contribution in [0.4, 0.5) is 18.3 Å². The fourth-order valence-electron chi connectivity index (χ4n) is 1.39. The summed E-state index contributed by atoms with van der Waals surface area (Å²) < 4.78 is 40.8. The van der Waals surface area contributed by atoms with Crippen LogP contribution in [0.25, 0.3) is 0 Å². The number of nitrogens with one attached hydrogen (secondary N) is 1. The quantitative estimate of drug-likeness (QED) is 0.625. The SMILES string of the molecule is Cc1csc(NN=Cc2cccc(OC(F)(F)F)c2Br)n1. The number of rotatable bonds is 4. The van der Waals surface area contributed by atoms with Gasteiger partial charge >= 0.3 is 6.36 Å². The van der Waals surface area contributed by atoms with Crippen LogP contribution in [-0.2, 0) is 0 Å². The van der Waals surface area contributed by atoms with Crippen molar-refractivity contribution < 1.29 is 17.9 Å². The van der Waals surface area contributed by atoms with E-state index in [-0.39, 0.29) is 10.2 Å². The molecule has 0 saturated carbocycles. The van der Waals surface area contributed by atoms with Crippen LogP contribution in [0, 0.1) is 6.92 Å². The van der Waals surface area contributed by atoms with Gasteiger partial charge in [-0.1, -0.05) is 12.1 Å². The first-order valence-corrected chi connectivity index (χ1v) is 7.28. The van der Waals surface area contributed by atoms with Gasteiger partial charge in [0, 0.05) is 10.9 Å². The molecule has 0 aliphatic carbocycles. The fraction of sp³-hybridized carbons (Fsp3) is 0.167. The summed E-state index contributed by atoms with van der Waals surface area (Å²) in [6.07, 6.45) is -3.36. The Balaban J connectivity index is 2.11. The highest BCUT2D eigenvalue weighted by atomic mass is 79.9.